The van der Waals surface area contributed by atoms with Crippen LogP contribution in [0, 0.1) is 13.8 Å². The van der Waals surface area contributed by atoms with E-state index in [1.807, 2.05) is 0 Å². The molecule has 1 N–H and O–H groups in total. The molecule has 1 aliphatic rings. The fraction of sp³-hybridized carbons (Fsp3) is 0.432. The number of nitrogens with zero attached hydrogens (tertiary/aromatic N) is 3. The van der Waals surface area contributed by atoms with E-state index in [2.05, 4.69) is 143 Å². The highest BCUT2D eigenvalue weighted by molar-refractivity contribution is 5.56. The number of rotatable bonds is 6. The normalized spacial score (nSPS) is 15.5. The van der Waals surface area contributed by atoms with Crippen LogP contribution in [0.1, 0.15) is 86.8 Å². The molecule has 0 spiro atoms. The predicted octanol–water partition coefficient (Wildman–Crippen LogP) is 8.20. The van der Waals surface area contributed by atoms with Gasteiger partial charge in [0.1, 0.15) is 5.82 Å². The Balaban J connectivity index is 1.41. The highest BCUT2D eigenvalue weighted by atomic mass is 15.3. The minimum atomic E-state index is 0.0694. The van der Waals surface area contributed by atoms with Crippen molar-refractivity contribution in [3.63, 3.8) is 0 Å². The Morgan fingerprint density at radius 2 is 1.22 bits per heavy atom. The molecule has 0 atom stereocenters. The summed E-state index contributed by atoms with van der Waals surface area (Å²) in [4.78, 5) is 13.8. The van der Waals surface area contributed by atoms with Gasteiger partial charge in [-0.15, -0.1) is 0 Å². The Morgan fingerprint density at radius 3 is 1.73 bits per heavy atom. The highest BCUT2D eigenvalue weighted by Gasteiger charge is 2.33. The maximum absolute atomic E-state index is 5.02. The standard InChI is InChI=1S/C37H48N4/c1-26-17-19-28(20-18-26)35-38-27(2)33(39-35)25-40-21-23-41(24-22-40)34(29-13-9-11-15-31(29)36(3,4)5)30-14-10-12-16-32(30)37(6,7)8/h9-20,34H,21-25H2,1-8H3,(H,38,39). The lowest BCUT2D eigenvalue weighted by atomic mass is 9.76. The van der Waals surface area contributed by atoms with Gasteiger partial charge in [0.05, 0.1) is 11.7 Å². The van der Waals surface area contributed by atoms with Crippen molar-refractivity contribution in [2.75, 3.05) is 26.2 Å². The second-order valence-electron chi connectivity index (χ2n) is 13.9. The van der Waals surface area contributed by atoms with Crippen molar-refractivity contribution in [2.45, 2.75) is 78.8 Å². The van der Waals surface area contributed by atoms with Gasteiger partial charge in [0.2, 0.25) is 0 Å². The molecule has 41 heavy (non-hydrogen) atoms. The number of hydrogen-bond donors (Lipinski definition) is 1. The molecule has 216 valence electrons. The number of piperazine rings is 1. The molecule has 5 rings (SSSR count). The van der Waals surface area contributed by atoms with Gasteiger partial charge in [-0.2, -0.15) is 0 Å². The molecule has 4 aromatic rings. The third kappa shape index (κ3) is 6.50. The third-order valence-corrected chi connectivity index (χ3v) is 8.58. The molecule has 4 nitrogen and oxygen atoms in total. The Labute approximate surface area is 247 Å². The van der Waals surface area contributed by atoms with E-state index in [1.165, 1.54) is 33.5 Å². The largest absolute Gasteiger partial charge is 0.342 e. The number of hydrogen-bond acceptors (Lipinski definition) is 3. The lowest BCUT2D eigenvalue weighted by molar-refractivity contribution is 0.103. The van der Waals surface area contributed by atoms with Crippen molar-refractivity contribution >= 4 is 0 Å². The van der Waals surface area contributed by atoms with Crippen LogP contribution in [0.2, 0.25) is 0 Å². The maximum atomic E-state index is 5.02. The van der Waals surface area contributed by atoms with E-state index in [4.69, 9.17) is 4.98 Å². The summed E-state index contributed by atoms with van der Waals surface area (Å²) in [5.74, 6) is 0.966. The molecule has 0 unspecified atom stereocenters. The van der Waals surface area contributed by atoms with Crippen molar-refractivity contribution in [3.8, 4) is 11.4 Å². The van der Waals surface area contributed by atoms with E-state index in [0.29, 0.717) is 0 Å². The van der Waals surface area contributed by atoms with Gasteiger partial charge in [-0.1, -0.05) is 120 Å². The molecular formula is C37H48N4. The topological polar surface area (TPSA) is 35.2 Å². The first-order valence-corrected chi connectivity index (χ1v) is 15.2. The maximum Gasteiger partial charge on any atom is 0.137 e. The van der Waals surface area contributed by atoms with Crippen LogP contribution >= 0.6 is 0 Å². The Morgan fingerprint density at radius 1 is 0.707 bits per heavy atom. The van der Waals surface area contributed by atoms with Gasteiger partial charge in [0.25, 0.3) is 0 Å². The van der Waals surface area contributed by atoms with Gasteiger partial charge in [-0.25, -0.2) is 4.98 Å². The Bertz CT molecular complexity index is 1400. The smallest absolute Gasteiger partial charge is 0.137 e. The van der Waals surface area contributed by atoms with Crippen LogP contribution in [0.5, 0.6) is 0 Å². The fourth-order valence-corrected chi connectivity index (χ4v) is 6.29. The van der Waals surface area contributed by atoms with Gasteiger partial charge in [0.15, 0.2) is 0 Å². The first-order valence-electron chi connectivity index (χ1n) is 15.2. The number of aryl methyl sites for hydroxylation is 2. The molecule has 0 radical (unpaired) electrons. The number of H-pyrrole nitrogens is 1. The summed E-state index contributed by atoms with van der Waals surface area (Å²) in [5, 5.41) is 0. The molecule has 0 aliphatic carbocycles. The first kappa shape index (κ1) is 29.3. The minimum absolute atomic E-state index is 0.0694. The monoisotopic (exact) mass is 548 g/mol. The zero-order valence-electron chi connectivity index (χ0n) is 26.4. The van der Waals surface area contributed by atoms with E-state index >= 15 is 0 Å². The molecular weight excluding hydrogens is 500 g/mol. The van der Waals surface area contributed by atoms with Crippen molar-refractivity contribution in [1.82, 2.24) is 19.8 Å². The first-order chi connectivity index (χ1) is 19.4. The molecule has 0 saturated carbocycles. The molecule has 1 aromatic heterocycles. The van der Waals surface area contributed by atoms with Gasteiger partial charge < -0.3 is 4.98 Å². The van der Waals surface area contributed by atoms with E-state index in [-0.39, 0.29) is 16.9 Å². The van der Waals surface area contributed by atoms with Gasteiger partial charge in [0, 0.05) is 44.0 Å². The molecule has 2 heterocycles. The summed E-state index contributed by atoms with van der Waals surface area (Å²) in [6.07, 6.45) is 0. The van der Waals surface area contributed by atoms with E-state index in [9.17, 15) is 0 Å². The zero-order chi connectivity index (χ0) is 29.4. The molecule has 4 heteroatoms. The summed E-state index contributed by atoms with van der Waals surface area (Å²) in [6, 6.07) is 27.1. The second-order valence-corrected chi connectivity index (χ2v) is 13.9. The minimum Gasteiger partial charge on any atom is -0.342 e. The van der Waals surface area contributed by atoms with Crippen LogP contribution in [0.3, 0.4) is 0 Å². The molecule has 0 amide bonds. The third-order valence-electron chi connectivity index (χ3n) is 8.58. The number of benzene rings is 3. The summed E-state index contributed by atoms with van der Waals surface area (Å²) in [7, 11) is 0. The van der Waals surface area contributed by atoms with Crippen LogP contribution in [-0.4, -0.2) is 45.9 Å². The van der Waals surface area contributed by atoms with Crippen LogP contribution in [-0.2, 0) is 17.4 Å². The molecule has 1 saturated heterocycles. The van der Waals surface area contributed by atoms with Crippen LogP contribution in [0.25, 0.3) is 11.4 Å². The number of imidazole rings is 1. The summed E-state index contributed by atoms with van der Waals surface area (Å²) in [6.45, 7) is 23.3. The van der Waals surface area contributed by atoms with Crippen LogP contribution in [0.4, 0.5) is 0 Å². The van der Waals surface area contributed by atoms with Gasteiger partial charge >= 0.3 is 0 Å². The lowest BCUT2D eigenvalue weighted by Gasteiger charge is -2.42. The number of aromatic amines is 1. The van der Waals surface area contributed by atoms with Crippen LogP contribution in [0.15, 0.2) is 72.8 Å². The second kappa shape index (κ2) is 11.6. The van der Waals surface area contributed by atoms with Gasteiger partial charge in [-0.3, -0.25) is 9.80 Å². The predicted molar refractivity (Wildman–Crippen MR) is 172 cm³/mol. The summed E-state index contributed by atoms with van der Waals surface area (Å²) < 4.78 is 0. The number of nitrogens with one attached hydrogen (secondary N) is 1. The zero-order valence-corrected chi connectivity index (χ0v) is 26.4. The fourth-order valence-electron chi connectivity index (χ4n) is 6.29. The number of aromatic nitrogens is 2. The summed E-state index contributed by atoms with van der Waals surface area (Å²) >= 11 is 0. The lowest BCUT2D eigenvalue weighted by Crippen LogP contribution is -2.48. The average molecular weight is 549 g/mol. The Kier molecular flexibility index (Phi) is 8.27. The van der Waals surface area contributed by atoms with Gasteiger partial charge in [-0.05, 0) is 46.9 Å². The van der Waals surface area contributed by atoms with Crippen LogP contribution < -0.4 is 0 Å². The quantitative estimate of drug-likeness (QED) is 0.264. The van der Waals surface area contributed by atoms with Crippen molar-refractivity contribution < 1.29 is 0 Å². The van der Waals surface area contributed by atoms with Crippen molar-refractivity contribution in [2.24, 2.45) is 0 Å². The summed E-state index contributed by atoms with van der Waals surface area (Å²) in [5.41, 5.74) is 10.6. The average Bonchev–Trinajstić information content (AvgIpc) is 3.29. The molecule has 1 fully saturated rings. The molecule has 0 bridgehead atoms. The van der Waals surface area contributed by atoms with Crippen molar-refractivity contribution in [1.29, 1.82) is 0 Å². The van der Waals surface area contributed by atoms with E-state index < -0.39 is 0 Å². The Hall–Kier alpha value is -3.21. The SMILES string of the molecule is Cc1ccc(-c2nc(CN3CCN(C(c4ccccc4C(C)(C)C)c4ccccc4C(C)(C)C)CC3)c(C)[nH]2)cc1. The van der Waals surface area contributed by atoms with E-state index in [1.54, 1.807) is 0 Å². The highest BCUT2D eigenvalue weighted by Crippen LogP contribution is 2.40. The van der Waals surface area contributed by atoms with E-state index in [0.717, 1.165) is 49.8 Å². The molecule has 3 aromatic carbocycles. The van der Waals surface area contributed by atoms with Crippen molar-refractivity contribution in [3.05, 3.63) is 112 Å². The molecule has 1 aliphatic heterocycles.